The van der Waals surface area contributed by atoms with Crippen LogP contribution in [0.2, 0.25) is 0 Å². The number of amides is 2. The Bertz CT molecular complexity index is 742. The molecule has 1 saturated heterocycles. The van der Waals surface area contributed by atoms with Crippen LogP contribution in [0.4, 0.5) is 0 Å². The van der Waals surface area contributed by atoms with Crippen LogP contribution in [0.3, 0.4) is 0 Å². The second kappa shape index (κ2) is 9.91. The quantitative estimate of drug-likeness (QED) is 0.414. The Kier molecular flexibility index (Phi) is 8.08. The van der Waals surface area contributed by atoms with Gasteiger partial charge in [-0.2, -0.15) is 0 Å². The second-order valence-corrected chi connectivity index (χ2v) is 9.71. The number of rotatable bonds is 7. The lowest BCUT2D eigenvalue weighted by Gasteiger charge is -2.44. The molecular formula is C22H31IN2O4. The van der Waals surface area contributed by atoms with E-state index >= 15 is 0 Å². The van der Waals surface area contributed by atoms with Crippen molar-refractivity contribution in [1.82, 2.24) is 9.80 Å². The summed E-state index contributed by atoms with van der Waals surface area (Å²) < 4.78 is 6.48. The zero-order chi connectivity index (χ0) is 21.8. The van der Waals surface area contributed by atoms with Gasteiger partial charge in [0.25, 0.3) is 0 Å². The first-order valence-electron chi connectivity index (χ1n) is 10.1. The number of hydrogen-bond donors (Lipinski definition) is 0. The van der Waals surface area contributed by atoms with Crippen molar-refractivity contribution in [3.05, 3.63) is 33.4 Å². The van der Waals surface area contributed by atoms with E-state index in [9.17, 15) is 14.4 Å². The minimum atomic E-state index is -0.681. The predicted molar refractivity (Wildman–Crippen MR) is 120 cm³/mol. The molecule has 2 rings (SSSR count). The molecule has 1 aromatic carbocycles. The number of ether oxygens (including phenoxy) is 1. The van der Waals surface area contributed by atoms with Crippen molar-refractivity contribution in [2.45, 2.75) is 71.6 Å². The molecule has 6 nitrogen and oxygen atoms in total. The van der Waals surface area contributed by atoms with Crippen molar-refractivity contribution in [2.24, 2.45) is 0 Å². The molecule has 0 aliphatic carbocycles. The summed E-state index contributed by atoms with van der Waals surface area (Å²) in [6.45, 7) is 9.42. The van der Waals surface area contributed by atoms with Crippen LogP contribution in [-0.2, 0) is 25.5 Å². The SMILES string of the molecule is CCCCN1C(=O)[C@H](C)N(CC(=O)OC(C)(C)C)C(=O)[C@H]1Cc1ccc(I)cc1. The summed E-state index contributed by atoms with van der Waals surface area (Å²) in [5, 5.41) is 0. The van der Waals surface area contributed by atoms with E-state index in [1.54, 1.807) is 32.6 Å². The van der Waals surface area contributed by atoms with Gasteiger partial charge in [0.15, 0.2) is 0 Å². The average Bonchev–Trinajstić information content (AvgIpc) is 2.63. The fraction of sp³-hybridized carbons (Fsp3) is 0.591. The lowest BCUT2D eigenvalue weighted by molar-refractivity contribution is -0.168. The van der Waals surface area contributed by atoms with Crippen LogP contribution in [0.15, 0.2) is 24.3 Å². The van der Waals surface area contributed by atoms with Gasteiger partial charge in [-0.25, -0.2) is 0 Å². The summed E-state index contributed by atoms with van der Waals surface area (Å²) in [5.74, 6) is -0.810. The third-order valence-electron chi connectivity index (χ3n) is 4.87. The molecule has 0 saturated carbocycles. The molecule has 1 aliphatic heterocycles. The van der Waals surface area contributed by atoms with Crippen LogP contribution in [0.25, 0.3) is 0 Å². The summed E-state index contributed by atoms with van der Waals surface area (Å²) in [7, 11) is 0. The molecule has 1 aliphatic rings. The maximum Gasteiger partial charge on any atom is 0.326 e. The van der Waals surface area contributed by atoms with Gasteiger partial charge in [-0.05, 0) is 74.4 Å². The molecule has 29 heavy (non-hydrogen) atoms. The summed E-state index contributed by atoms with van der Waals surface area (Å²) in [6, 6.07) is 6.65. The molecule has 2 amide bonds. The van der Waals surface area contributed by atoms with E-state index in [0.29, 0.717) is 13.0 Å². The van der Waals surface area contributed by atoms with Crippen LogP contribution in [-0.4, -0.2) is 58.4 Å². The summed E-state index contributed by atoms with van der Waals surface area (Å²) in [5.41, 5.74) is 0.349. The maximum absolute atomic E-state index is 13.4. The first kappa shape index (κ1) is 23.6. The topological polar surface area (TPSA) is 66.9 Å². The van der Waals surface area contributed by atoms with Gasteiger partial charge in [0.05, 0.1) is 0 Å². The largest absolute Gasteiger partial charge is 0.459 e. The first-order chi connectivity index (χ1) is 13.5. The van der Waals surface area contributed by atoms with Gasteiger partial charge >= 0.3 is 5.97 Å². The number of hydrogen-bond acceptors (Lipinski definition) is 4. The summed E-state index contributed by atoms with van der Waals surface area (Å²) in [4.78, 5) is 41.8. The normalized spacial score (nSPS) is 20.2. The Labute approximate surface area is 187 Å². The average molecular weight is 514 g/mol. The maximum atomic E-state index is 13.4. The number of piperazine rings is 1. The molecule has 0 radical (unpaired) electrons. The third kappa shape index (κ3) is 6.42. The fourth-order valence-electron chi connectivity index (χ4n) is 3.41. The monoisotopic (exact) mass is 514 g/mol. The lowest BCUT2D eigenvalue weighted by Crippen LogP contribution is -2.65. The standard InChI is InChI=1S/C22H31IN2O4/c1-6-7-12-24-18(13-16-8-10-17(23)11-9-16)21(28)25(15(2)20(24)27)14-19(26)29-22(3,4)5/h8-11,15,18H,6-7,12-14H2,1-5H3/t15-,18+/m0/s1. The van der Waals surface area contributed by atoms with E-state index in [1.807, 2.05) is 24.3 Å². The predicted octanol–water partition coefficient (Wildman–Crippen LogP) is 3.40. The van der Waals surface area contributed by atoms with Crippen molar-refractivity contribution in [3.63, 3.8) is 0 Å². The zero-order valence-electron chi connectivity index (χ0n) is 17.9. The molecule has 2 atom stereocenters. The minimum absolute atomic E-state index is 0.114. The van der Waals surface area contributed by atoms with Crippen LogP contribution in [0.1, 0.15) is 53.0 Å². The van der Waals surface area contributed by atoms with Crippen molar-refractivity contribution >= 4 is 40.4 Å². The van der Waals surface area contributed by atoms with E-state index in [0.717, 1.165) is 22.0 Å². The Morgan fingerprint density at radius 1 is 1.10 bits per heavy atom. The third-order valence-corrected chi connectivity index (χ3v) is 5.59. The minimum Gasteiger partial charge on any atom is -0.459 e. The van der Waals surface area contributed by atoms with Gasteiger partial charge in [0, 0.05) is 16.5 Å². The highest BCUT2D eigenvalue weighted by Gasteiger charge is 2.44. The number of carbonyl (C=O) groups is 3. The highest BCUT2D eigenvalue weighted by Crippen LogP contribution is 2.23. The smallest absolute Gasteiger partial charge is 0.326 e. The number of benzene rings is 1. The molecule has 0 unspecified atom stereocenters. The van der Waals surface area contributed by atoms with E-state index in [4.69, 9.17) is 4.74 Å². The van der Waals surface area contributed by atoms with Gasteiger partial charge < -0.3 is 14.5 Å². The summed E-state index contributed by atoms with van der Waals surface area (Å²) in [6.07, 6.45) is 2.20. The van der Waals surface area contributed by atoms with Gasteiger partial charge in [0.1, 0.15) is 24.2 Å². The molecule has 1 fully saturated rings. The zero-order valence-corrected chi connectivity index (χ0v) is 20.1. The van der Waals surface area contributed by atoms with Crippen molar-refractivity contribution in [2.75, 3.05) is 13.1 Å². The van der Waals surface area contributed by atoms with Crippen LogP contribution in [0.5, 0.6) is 0 Å². The molecule has 0 bridgehead atoms. The van der Waals surface area contributed by atoms with Crippen LogP contribution in [0, 0.1) is 3.57 Å². The molecule has 0 aromatic heterocycles. The van der Waals surface area contributed by atoms with E-state index < -0.39 is 23.7 Å². The number of halogens is 1. The molecule has 1 heterocycles. The number of unbranched alkanes of at least 4 members (excludes halogenated alkanes) is 1. The fourth-order valence-corrected chi connectivity index (χ4v) is 3.77. The lowest BCUT2D eigenvalue weighted by atomic mass is 9.98. The molecular weight excluding hydrogens is 483 g/mol. The van der Waals surface area contributed by atoms with E-state index in [-0.39, 0.29) is 18.4 Å². The van der Waals surface area contributed by atoms with Gasteiger partial charge in [-0.3, -0.25) is 14.4 Å². The molecule has 0 N–H and O–H groups in total. The van der Waals surface area contributed by atoms with Crippen molar-refractivity contribution in [3.8, 4) is 0 Å². The van der Waals surface area contributed by atoms with Crippen LogP contribution < -0.4 is 0 Å². The Balaban J connectivity index is 2.26. The number of esters is 1. The number of nitrogens with zero attached hydrogens (tertiary/aromatic N) is 2. The molecule has 160 valence electrons. The number of carbonyl (C=O) groups excluding carboxylic acids is 3. The van der Waals surface area contributed by atoms with Gasteiger partial charge in [-0.1, -0.05) is 25.5 Å². The van der Waals surface area contributed by atoms with Crippen molar-refractivity contribution in [1.29, 1.82) is 0 Å². The first-order valence-corrected chi connectivity index (χ1v) is 11.2. The van der Waals surface area contributed by atoms with Gasteiger partial charge in [0.2, 0.25) is 11.8 Å². The highest BCUT2D eigenvalue weighted by molar-refractivity contribution is 14.1. The Hall–Kier alpha value is -1.64. The Morgan fingerprint density at radius 2 is 1.72 bits per heavy atom. The molecule has 7 heteroatoms. The van der Waals surface area contributed by atoms with Crippen molar-refractivity contribution < 1.29 is 19.1 Å². The van der Waals surface area contributed by atoms with Gasteiger partial charge in [-0.15, -0.1) is 0 Å². The molecule has 1 aromatic rings. The highest BCUT2D eigenvalue weighted by atomic mass is 127. The Morgan fingerprint density at radius 3 is 2.28 bits per heavy atom. The van der Waals surface area contributed by atoms with Crippen LogP contribution >= 0.6 is 22.6 Å². The van der Waals surface area contributed by atoms with E-state index in [2.05, 4.69) is 29.5 Å². The summed E-state index contributed by atoms with van der Waals surface area (Å²) >= 11 is 2.24. The molecule has 0 spiro atoms. The second-order valence-electron chi connectivity index (χ2n) is 8.46. The van der Waals surface area contributed by atoms with E-state index in [1.165, 1.54) is 4.90 Å².